The van der Waals surface area contributed by atoms with Gasteiger partial charge in [-0.15, -0.1) is 11.7 Å². The van der Waals surface area contributed by atoms with E-state index in [1.807, 2.05) is 26.0 Å². The Morgan fingerprint density at radius 1 is 1.50 bits per heavy atom. The van der Waals surface area contributed by atoms with Gasteiger partial charge in [0.1, 0.15) is 0 Å². The number of tetrazole rings is 1. The van der Waals surface area contributed by atoms with Crippen molar-refractivity contribution in [3.8, 4) is 11.4 Å². The highest BCUT2D eigenvalue weighted by atomic mass is 16.1. The van der Waals surface area contributed by atoms with Gasteiger partial charge in [-0.05, 0) is 36.4 Å². The predicted octanol–water partition coefficient (Wildman–Crippen LogP) is 1.84. The van der Waals surface area contributed by atoms with Crippen molar-refractivity contribution in [2.24, 2.45) is 0 Å². The average Bonchev–Trinajstić information content (AvgIpc) is 2.94. The molecule has 0 radical (unpaired) electrons. The summed E-state index contributed by atoms with van der Waals surface area (Å²) in [4.78, 5) is 11.9. The van der Waals surface area contributed by atoms with Crippen LogP contribution in [0.4, 0.5) is 0 Å². The zero-order chi connectivity index (χ0) is 14.5. The summed E-state index contributed by atoms with van der Waals surface area (Å²) in [6.07, 6.45) is 1.64. The summed E-state index contributed by atoms with van der Waals surface area (Å²) in [5.41, 5.74) is 1.39. The Bertz CT molecular complexity index is 618. The van der Waals surface area contributed by atoms with Crippen molar-refractivity contribution in [3.63, 3.8) is 0 Å². The van der Waals surface area contributed by atoms with Gasteiger partial charge in [-0.25, -0.2) is 4.68 Å². The van der Waals surface area contributed by atoms with Crippen molar-refractivity contribution in [2.75, 3.05) is 6.54 Å². The van der Waals surface area contributed by atoms with E-state index in [0.717, 1.165) is 5.56 Å². The minimum atomic E-state index is -0.143. The van der Waals surface area contributed by atoms with E-state index in [1.165, 1.54) is 0 Å². The van der Waals surface area contributed by atoms with Gasteiger partial charge >= 0.3 is 0 Å². The van der Waals surface area contributed by atoms with Crippen LogP contribution in [-0.2, 0) is 0 Å². The monoisotopic (exact) mass is 271 g/mol. The first-order valence-corrected chi connectivity index (χ1v) is 6.41. The molecule has 0 spiro atoms. The molecule has 6 nitrogen and oxygen atoms in total. The van der Waals surface area contributed by atoms with Crippen LogP contribution in [0.1, 0.15) is 30.2 Å². The highest BCUT2D eigenvalue weighted by molar-refractivity contribution is 5.95. The second-order valence-electron chi connectivity index (χ2n) is 4.62. The van der Waals surface area contributed by atoms with Crippen LogP contribution in [0.25, 0.3) is 11.4 Å². The Hall–Kier alpha value is -2.50. The van der Waals surface area contributed by atoms with E-state index in [2.05, 4.69) is 27.4 Å². The molecule has 2 rings (SSSR count). The molecule has 6 heteroatoms. The molecule has 0 unspecified atom stereocenters. The van der Waals surface area contributed by atoms with Crippen LogP contribution in [-0.4, -0.2) is 32.7 Å². The van der Waals surface area contributed by atoms with E-state index >= 15 is 0 Å². The van der Waals surface area contributed by atoms with Crippen LogP contribution in [0.15, 0.2) is 36.9 Å². The first kappa shape index (κ1) is 13.9. The SMILES string of the molecule is C=CCNC(=O)c1cccc(-c2nnnn2C(C)C)c1. The van der Waals surface area contributed by atoms with E-state index in [4.69, 9.17) is 0 Å². The van der Waals surface area contributed by atoms with E-state index in [9.17, 15) is 4.79 Å². The summed E-state index contributed by atoms with van der Waals surface area (Å²) in [7, 11) is 0. The molecular formula is C14H17N5O. The van der Waals surface area contributed by atoms with Crippen molar-refractivity contribution >= 4 is 5.91 Å². The number of hydrogen-bond acceptors (Lipinski definition) is 4. The fourth-order valence-electron chi connectivity index (χ4n) is 1.80. The molecule has 0 aliphatic heterocycles. The molecule has 0 aliphatic carbocycles. The van der Waals surface area contributed by atoms with Gasteiger partial charge in [-0.3, -0.25) is 4.79 Å². The number of rotatable bonds is 5. The van der Waals surface area contributed by atoms with Crippen LogP contribution in [0, 0.1) is 0 Å². The Morgan fingerprint density at radius 3 is 3.00 bits per heavy atom. The summed E-state index contributed by atoms with van der Waals surface area (Å²) in [6, 6.07) is 7.39. The summed E-state index contributed by atoms with van der Waals surface area (Å²) >= 11 is 0. The van der Waals surface area contributed by atoms with E-state index < -0.39 is 0 Å². The van der Waals surface area contributed by atoms with Crippen LogP contribution in [0.5, 0.6) is 0 Å². The first-order chi connectivity index (χ1) is 9.63. The molecular weight excluding hydrogens is 254 g/mol. The van der Waals surface area contributed by atoms with Gasteiger partial charge < -0.3 is 5.32 Å². The smallest absolute Gasteiger partial charge is 0.251 e. The number of nitrogens with zero attached hydrogens (tertiary/aromatic N) is 4. The van der Waals surface area contributed by atoms with Crippen molar-refractivity contribution in [1.29, 1.82) is 0 Å². The van der Waals surface area contributed by atoms with Crippen LogP contribution < -0.4 is 5.32 Å². The number of amides is 1. The van der Waals surface area contributed by atoms with Gasteiger partial charge in [0, 0.05) is 17.7 Å². The fourth-order valence-corrected chi connectivity index (χ4v) is 1.80. The fraction of sp³-hybridized carbons (Fsp3) is 0.286. The van der Waals surface area contributed by atoms with Crippen LogP contribution in [0.3, 0.4) is 0 Å². The molecule has 1 amide bonds. The van der Waals surface area contributed by atoms with E-state index in [1.54, 1.807) is 22.9 Å². The number of nitrogens with one attached hydrogen (secondary N) is 1. The molecule has 0 aliphatic rings. The summed E-state index contributed by atoms with van der Waals surface area (Å²) in [5.74, 6) is 0.508. The van der Waals surface area contributed by atoms with E-state index in [0.29, 0.717) is 17.9 Å². The summed E-state index contributed by atoms with van der Waals surface area (Å²) in [5, 5.41) is 14.4. The molecule has 0 saturated heterocycles. The van der Waals surface area contributed by atoms with Gasteiger partial charge in [0.05, 0.1) is 6.04 Å². The van der Waals surface area contributed by atoms with Crippen LogP contribution in [0.2, 0.25) is 0 Å². The lowest BCUT2D eigenvalue weighted by Gasteiger charge is -2.08. The zero-order valence-corrected chi connectivity index (χ0v) is 11.6. The summed E-state index contributed by atoms with van der Waals surface area (Å²) < 4.78 is 1.72. The molecule has 0 bridgehead atoms. The van der Waals surface area contributed by atoms with Crippen molar-refractivity contribution in [1.82, 2.24) is 25.5 Å². The van der Waals surface area contributed by atoms with Crippen LogP contribution >= 0.6 is 0 Å². The first-order valence-electron chi connectivity index (χ1n) is 6.41. The summed E-state index contributed by atoms with van der Waals surface area (Å²) in [6.45, 7) is 8.01. The van der Waals surface area contributed by atoms with Crippen molar-refractivity contribution in [2.45, 2.75) is 19.9 Å². The Labute approximate surface area is 117 Å². The normalized spacial score (nSPS) is 10.6. The van der Waals surface area contributed by atoms with Crippen molar-refractivity contribution < 1.29 is 4.79 Å². The Balaban J connectivity index is 2.32. The highest BCUT2D eigenvalue weighted by Gasteiger charge is 2.13. The molecule has 104 valence electrons. The maximum Gasteiger partial charge on any atom is 0.251 e. The third kappa shape index (κ3) is 2.90. The van der Waals surface area contributed by atoms with Gasteiger partial charge in [0.15, 0.2) is 5.82 Å². The van der Waals surface area contributed by atoms with Gasteiger partial charge in [-0.2, -0.15) is 0 Å². The Morgan fingerprint density at radius 2 is 2.30 bits per heavy atom. The second-order valence-corrected chi connectivity index (χ2v) is 4.62. The molecule has 20 heavy (non-hydrogen) atoms. The molecule has 2 aromatic rings. The molecule has 1 N–H and O–H groups in total. The number of carbonyl (C=O) groups excluding carboxylic acids is 1. The van der Waals surface area contributed by atoms with Gasteiger partial charge in [-0.1, -0.05) is 18.2 Å². The molecule has 0 atom stereocenters. The number of benzene rings is 1. The lowest BCUT2D eigenvalue weighted by atomic mass is 10.1. The van der Waals surface area contributed by atoms with E-state index in [-0.39, 0.29) is 11.9 Å². The maximum absolute atomic E-state index is 11.9. The van der Waals surface area contributed by atoms with Gasteiger partial charge in [0.25, 0.3) is 5.91 Å². The topological polar surface area (TPSA) is 72.7 Å². The number of hydrogen-bond donors (Lipinski definition) is 1. The average molecular weight is 271 g/mol. The number of carbonyl (C=O) groups is 1. The minimum absolute atomic E-state index is 0.143. The second kappa shape index (κ2) is 6.10. The molecule has 0 fully saturated rings. The zero-order valence-electron chi connectivity index (χ0n) is 11.6. The van der Waals surface area contributed by atoms with Crippen molar-refractivity contribution in [3.05, 3.63) is 42.5 Å². The predicted molar refractivity (Wildman–Crippen MR) is 76.2 cm³/mol. The minimum Gasteiger partial charge on any atom is -0.349 e. The molecule has 1 aromatic heterocycles. The third-order valence-corrected chi connectivity index (χ3v) is 2.77. The standard InChI is InChI=1S/C14H17N5O/c1-4-8-15-14(20)12-7-5-6-11(9-12)13-16-17-18-19(13)10(2)3/h4-7,9-10H,1,8H2,2-3H3,(H,15,20). The highest BCUT2D eigenvalue weighted by Crippen LogP contribution is 2.19. The Kier molecular flexibility index (Phi) is 4.24. The lowest BCUT2D eigenvalue weighted by Crippen LogP contribution is -2.23. The lowest BCUT2D eigenvalue weighted by molar-refractivity contribution is 0.0958. The molecule has 1 heterocycles. The largest absolute Gasteiger partial charge is 0.349 e. The van der Waals surface area contributed by atoms with Gasteiger partial charge in [0.2, 0.25) is 0 Å². The molecule has 1 aromatic carbocycles. The third-order valence-electron chi connectivity index (χ3n) is 2.77. The number of aromatic nitrogens is 4. The molecule has 0 saturated carbocycles. The quantitative estimate of drug-likeness (QED) is 0.842. The maximum atomic E-state index is 11.9.